The lowest BCUT2D eigenvalue weighted by molar-refractivity contribution is -0.144. The SMILES string of the molecule is CC1(C)C[C@H]2CN[C@H](C(=O)O)[C@H]21. The minimum absolute atomic E-state index is 0.233. The molecular formula is C9H15NO2. The van der Waals surface area contributed by atoms with Gasteiger partial charge in [-0.1, -0.05) is 13.8 Å². The maximum atomic E-state index is 10.8. The number of rotatable bonds is 1. The van der Waals surface area contributed by atoms with E-state index in [1.807, 2.05) is 0 Å². The number of carboxylic acids is 1. The minimum atomic E-state index is -0.685. The summed E-state index contributed by atoms with van der Waals surface area (Å²) >= 11 is 0. The molecule has 1 saturated carbocycles. The molecule has 12 heavy (non-hydrogen) atoms. The molecule has 2 rings (SSSR count). The molecule has 3 heteroatoms. The first-order chi connectivity index (χ1) is 5.52. The summed E-state index contributed by atoms with van der Waals surface area (Å²) in [6.45, 7) is 5.22. The predicted molar refractivity (Wildman–Crippen MR) is 44.8 cm³/mol. The van der Waals surface area contributed by atoms with Crippen LogP contribution in [0.4, 0.5) is 0 Å². The van der Waals surface area contributed by atoms with E-state index in [4.69, 9.17) is 5.11 Å². The van der Waals surface area contributed by atoms with Crippen molar-refractivity contribution in [1.82, 2.24) is 5.32 Å². The molecule has 68 valence electrons. The van der Waals surface area contributed by atoms with Gasteiger partial charge in [0.15, 0.2) is 0 Å². The smallest absolute Gasteiger partial charge is 0.321 e. The normalized spacial score (nSPS) is 43.3. The van der Waals surface area contributed by atoms with Crippen LogP contribution in [0.15, 0.2) is 0 Å². The molecule has 1 saturated heterocycles. The third-order valence-electron chi connectivity index (χ3n) is 3.42. The van der Waals surface area contributed by atoms with Gasteiger partial charge in [-0.15, -0.1) is 0 Å². The lowest BCUT2D eigenvalue weighted by atomic mass is 9.55. The monoisotopic (exact) mass is 169 g/mol. The van der Waals surface area contributed by atoms with Crippen LogP contribution in [0.5, 0.6) is 0 Å². The summed E-state index contributed by atoms with van der Waals surface area (Å²) in [6.07, 6.45) is 1.18. The van der Waals surface area contributed by atoms with Crippen LogP contribution < -0.4 is 5.32 Å². The van der Waals surface area contributed by atoms with Crippen LogP contribution in [0.3, 0.4) is 0 Å². The van der Waals surface area contributed by atoms with Crippen molar-refractivity contribution in [2.45, 2.75) is 26.3 Å². The predicted octanol–water partition coefficient (Wildman–Crippen LogP) is 0.705. The first-order valence-electron chi connectivity index (χ1n) is 4.48. The van der Waals surface area contributed by atoms with E-state index in [1.165, 1.54) is 6.42 Å². The molecule has 2 fully saturated rings. The molecule has 0 aromatic carbocycles. The van der Waals surface area contributed by atoms with E-state index in [0.29, 0.717) is 11.8 Å². The van der Waals surface area contributed by atoms with E-state index >= 15 is 0 Å². The Bertz CT molecular complexity index is 225. The van der Waals surface area contributed by atoms with Crippen LogP contribution >= 0.6 is 0 Å². The summed E-state index contributed by atoms with van der Waals surface area (Å²) in [5, 5.41) is 12.0. The summed E-state index contributed by atoms with van der Waals surface area (Å²) in [4.78, 5) is 10.8. The highest BCUT2D eigenvalue weighted by Crippen LogP contribution is 2.54. The lowest BCUT2D eigenvalue weighted by Crippen LogP contribution is -2.49. The Hall–Kier alpha value is -0.570. The molecule has 0 unspecified atom stereocenters. The van der Waals surface area contributed by atoms with Crippen molar-refractivity contribution < 1.29 is 9.90 Å². The average molecular weight is 169 g/mol. The molecule has 0 aromatic heterocycles. The summed E-state index contributed by atoms with van der Waals surface area (Å²) < 4.78 is 0. The van der Waals surface area contributed by atoms with Gasteiger partial charge in [0.25, 0.3) is 0 Å². The molecule has 0 amide bonds. The molecule has 1 aliphatic heterocycles. The molecule has 1 heterocycles. The lowest BCUT2D eigenvalue weighted by Gasteiger charge is -2.48. The first-order valence-corrected chi connectivity index (χ1v) is 4.48. The van der Waals surface area contributed by atoms with Crippen molar-refractivity contribution >= 4 is 5.97 Å². The summed E-state index contributed by atoms with van der Waals surface area (Å²) in [7, 11) is 0. The quantitative estimate of drug-likeness (QED) is 0.607. The van der Waals surface area contributed by atoms with Gasteiger partial charge >= 0.3 is 5.97 Å². The summed E-state index contributed by atoms with van der Waals surface area (Å²) in [5.41, 5.74) is 0.233. The van der Waals surface area contributed by atoms with Crippen molar-refractivity contribution in [2.75, 3.05) is 6.54 Å². The molecule has 0 aromatic rings. The number of hydrogen-bond donors (Lipinski definition) is 2. The van der Waals surface area contributed by atoms with Gasteiger partial charge in [0.2, 0.25) is 0 Å². The highest BCUT2D eigenvalue weighted by Gasteiger charge is 2.56. The van der Waals surface area contributed by atoms with E-state index in [1.54, 1.807) is 0 Å². The van der Waals surface area contributed by atoms with Crippen molar-refractivity contribution in [2.24, 2.45) is 17.3 Å². The second-order valence-electron chi connectivity index (χ2n) is 4.70. The van der Waals surface area contributed by atoms with Gasteiger partial charge in [0, 0.05) is 0 Å². The van der Waals surface area contributed by atoms with Crippen molar-refractivity contribution in [3.8, 4) is 0 Å². The highest BCUT2D eigenvalue weighted by molar-refractivity contribution is 5.75. The fourth-order valence-electron chi connectivity index (χ4n) is 2.99. The Balaban J connectivity index is 2.15. The molecule has 2 N–H and O–H groups in total. The Morgan fingerprint density at radius 2 is 2.25 bits per heavy atom. The number of fused-ring (bicyclic) bond motifs is 1. The minimum Gasteiger partial charge on any atom is -0.480 e. The summed E-state index contributed by atoms with van der Waals surface area (Å²) in [5.74, 6) is 0.284. The third kappa shape index (κ3) is 0.891. The van der Waals surface area contributed by atoms with Crippen LogP contribution in [-0.2, 0) is 4.79 Å². The van der Waals surface area contributed by atoms with Crippen LogP contribution in [0, 0.1) is 17.3 Å². The summed E-state index contributed by atoms with van der Waals surface area (Å²) in [6, 6.07) is -0.293. The van der Waals surface area contributed by atoms with E-state index in [9.17, 15) is 4.79 Å². The fourth-order valence-corrected chi connectivity index (χ4v) is 2.99. The van der Waals surface area contributed by atoms with Crippen molar-refractivity contribution in [1.29, 1.82) is 0 Å². The average Bonchev–Trinajstić information content (AvgIpc) is 2.27. The van der Waals surface area contributed by atoms with Gasteiger partial charge in [0.1, 0.15) is 6.04 Å². The number of carboxylic acid groups (broad SMARTS) is 1. The largest absolute Gasteiger partial charge is 0.480 e. The Labute approximate surface area is 72.2 Å². The van der Waals surface area contributed by atoms with E-state index in [-0.39, 0.29) is 11.5 Å². The first kappa shape index (κ1) is 8.05. The van der Waals surface area contributed by atoms with Crippen LogP contribution in [0.2, 0.25) is 0 Å². The Morgan fingerprint density at radius 1 is 1.58 bits per heavy atom. The van der Waals surface area contributed by atoms with Crippen LogP contribution in [0.25, 0.3) is 0 Å². The second-order valence-corrected chi connectivity index (χ2v) is 4.70. The molecule has 3 nitrogen and oxygen atoms in total. The zero-order chi connectivity index (χ0) is 8.93. The second kappa shape index (κ2) is 2.22. The molecule has 0 bridgehead atoms. The van der Waals surface area contributed by atoms with Gasteiger partial charge in [0.05, 0.1) is 0 Å². The van der Waals surface area contributed by atoms with Gasteiger partial charge in [-0.05, 0) is 30.2 Å². The fraction of sp³-hybridized carbons (Fsp3) is 0.889. The molecular weight excluding hydrogens is 154 g/mol. The Kier molecular flexibility index (Phi) is 1.49. The zero-order valence-electron chi connectivity index (χ0n) is 7.50. The topological polar surface area (TPSA) is 49.3 Å². The molecule has 0 radical (unpaired) electrons. The van der Waals surface area contributed by atoms with Crippen molar-refractivity contribution in [3.63, 3.8) is 0 Å². The molecule has 1 aliphatic carbocycles. The number of carbonyl (C=O) groups is 1. The van der Waals surface area contributed by atoms with E-state index < -0.39 is 5.97 Å². The number of nitrogens with one attached hydrogen (secondary N) is 1. The third-order valence-corrected chi connectivity index (χ3v) is 3.42. The molecule has 0 spiro atoms. The van der Waals surface area contributed by atoms with E-state index in [2.05, 4.69) is 19.2 Å². The van der Waals surface area contributed by atoms with Crippen molar-refractivity contribution in [3.05, 3.63) is 0 Å². The Morgan fingerprint density at radius 3 is 2.67 bits per heavy atom. The standard InChI is InChI=1S/C9H15NO2/c1-9(2)3-5-4-10-7(6(5)9)8(11)12/h5-7,10H,3-4H2,1-2H3,(H,11,12)/t5-,6-,7-/m0/s1. The number of aliphatic carboxylic acids is 1. The van der Waals surface area contributed by atoms with Crippen LogP contribution in [0.1, 0.15) is 20.3 Å². The van der Waals surface area contributed by atoms with Gasteiger partial charge in [-0.2, -0.15) is 0 Å². The highest BCUT2D eigenvalue weighted by atomic mass is 16.4. The van der Waals surface area contributed by atoms with E-state index in [0.717, 1.165) is 6.54 Å². The zero-order valence-corrected chi connectivity index (χ0v) is 7.50. The molecule has 2 aliphatic rings. The number of hydrogen-bond acceptors (Lipinski definition) is 2. The maximum Gasteiger partial charge on any atom is 0.321 e. The maximum absolute atomic E-state index is 10.8. The van der Waals surface area contributed by atoms with Gasteiger partial charge < -0.3 is 10.4 Å². The van der Waals surface area contributed by atoms with Gasteiger partial charge in [-0.3, -0.25) is 4.79 Å². The molecule has 3 atom stereocenters. The van der Waals surface area contributed by atoms with Gasteiger partial charge in [-0.25, -0.2) is 0 Å². The van der Waals surface area contributed by atoms with Crippen LogP contribution in [-0.4, -0.2) is 23.7 Å².